The Morgan fingerprint density at radius 2 is 2.25 bits per heavy atom. The molecule has 4 rings (SSSR count). The maximum Gasteiger partial charge on any atom is 0.266 e. The summed E-state index contributed by atoms with van der Waals surface area (Å²) >= 11 is 6.54. The maximum absolute atomic E-state index is 13.1. The summed E-state index contributed by atoms with van der Waals surface area (Å²) < 4.78 is 5.66. The lowest BCUT2D eigenvalue weighted by Crippen LogP contribution is -2.45. The Balaban J connectivity index is 1.49. The number of thioether (sulfide) groups is 1. The van der Waals surface area contributed by atoms with Crippen LogP contribution >= 0.6 is 24.0 Å². The zero-order chi connectivity index (χ0) is 19.5. The van der Waals surface area contributed by atoms with Crippen LogP contribution in [0.3, 0.4) is 0 Å². The molecular weight excluding hydrogens is 394 g/mol. The van der Waals surface area contributed by atoms with Gasteiger partial charge in [-0.25, -0.2) is 0 Å². The van der Waals surface area contributed by atoms with Gasteiger partial charge in [0.1, 0.15) is 16.6 Å². The molecule has 2 amide bonds. The van der Waals surface area contributed by atoms with Crippen LogP contribution in [0, 0.1) is 0 Å². The minimum Gasteiger partial charge on any atom is -0.465 e. The molecule has 28 heavy (non-hydrogen) atoms. The fourth-order valence-corrected chi connectivity index (χ4v) is 4.75. The van der Waals surface area contributed by atoms with E-state index in [1.54, 1.807) is 30.7 Å². The minimum absolute atomic E-state index is 0.00740. The monoisotopic (exact) mass is 413 g/mol. The van der Waals surface area contributed by atoms with Crippen LogP contribution in [0.4, 0.5) is 0 Å². The van der Waals surface area contributed by atoms with Gasteiger partial charge in [0.05, 0.1) is 17.2 Å². The van der Waals surface area contributed by atoms with Gasteiger partial charge in [-0.1, -0.05) is 30.0 Å². The number of hydrogen-bond donors (Lipinski definition) is 0. The molecule has 2 aliphatic heterocycles. The molecule has 2 saturated heterocycles. The molecule has 2 fully saturated rings. The average molecular weight is 414 g/mol. The molecular formula is C20H19N3O3S2. The highest BCUT2D eigenvalue weighted by Gasteiger charge is 2.36. The molecule has 2 aromatic rings. The lowest BCUT2D eigenvalue weighted by atomic mass is 9.96. The molecule has 0 bridgehead atoms. The SMILES string of the molecule is O=C1C(=Cc2ccco2)SC(=S)N1CC(=O)N1CCCCC1c1cccnc1. The topological polar surface area (TPSA) is 66.7 Å². The van der Waals surface area contributed by atoms with Gasteiger partial charge in [0.15, 0.2) is 0 Å². The maximum atomic E-state index is 13.1. The van der Waals surface area contributed by atoms with Crippen molar-refractivity contribution in [3.05, 3.63) is 59.2 Å². The Hall–Kier alpha value is -2.45. The summed E-state index contributed by atoms with van der Waals surface area (Å²) in [5, 5.41) is 0. The Kier molecular flexibility index (Phi) is 5.59. The number of pyridine rings is 1. The molecule has 0 aliphatic carbocycles. The lowest BCUT2D eigenvalue weighted by molar-refractivity contribution is -0.138. The largest absolute Gasteiger partial charge is 0.465 e. The predicted molar refractivity (Wildman–Crippen MR) is 111 cm³/mol. The fraction of sp³-hybridized carbons (Fsp3) is 0.300. The molecule has 144 valence electrons. The summed E-state index contributed by atoms with van der Waals surface area (Å²) in [5.74, 6) is 0.235. The molecule has 4 heterocycles. The van der Waals surface area contributed by atoms with Crippen LogP contribution in [0.15, 0.2) is 52.2 Å². The molecule has 8 heteroatoms. The number of carbonyl (C=O) groups excluding carboxylic acids is 2. The van der Waals surface area contributed by atoms with Crippen molar-refractivity contribution < 1.29 is 14.0 Å². The molecule has 1 unspecified atom stereocenters. The van der Waals surface area contributed by atoms with Gasteiger partial charge in [0.25, 0.3) is 5.91 Å². The van der Waals surface area contributed by atoms with E-state index in [9.17, 15) is 9.59 Å². The van der Waals surface area contributed by atoms with Crippen LogP contribution in [-0.2, 0) is 9.59 Å². The van der Waals surface area contributed by atoms with Crippen molar-refractivity contribution in [2.45, 2.75) is 25.3 Å². The number of aromatic nitrogens is 1. The van der Waals surface area contributed by atoms with E-state index in [1.165, 1.54) is 16.7 Å². The molecule has 1 atom stereocenters. The standard InChI is InChI=1S/C20H19N3O3S2/c24-18(22-9-2-1-7-16(22)14-5-3-8-21-12-14)13-23-19(25)17(28-20(23)27)11-15-6-4-10-26-15/h3-6,8,10-12,16H,1-2,7,9,13H2. The highest BCUT2D eigenvalue weighted by atomic mass is 32.2. The van der Waals surface area contributed by atoms with E-state index in [2.05, 4.69) is 4.98 Å². The van der Waals surface area contributed by atoms with E-state index < -0.39 is 0 Å². The van der Waals surface area contributed by atoms with Crippen molar-refractivity contribution in [2.24, 2.45) is 0 Å². The van der Waals surface area contributed by atoms with Gasteiger partial charge in [0, 0.05) is 25.0 Å². The van der Waals surface area contributed by atoms with Gasteiger partial charge < -0.3 is 9.32 Å². The van der Waals surface area contributed by atoms with Crippen molar-refractivity contribution in [3.8, 4) is 0 Å². The molecule has 0 radical (unpaired) electrons. The van der Waals surface area contributed by atoms with Gasteiger partial charge in [-0.2, -0.15) is 0 Å². The normalized spacial score (nSPS) is 21.6. The lowest BCUT2D eigenvalue weighted by Gasteiger charge is -2.36. The van der Waals surface area contributed by atoms with Crippen LogP contribution < -0.4 is 0 Å². The first kappa shape index (κ1) is 18.9. The van der Waals surface area contributed by atoms with E-state index in [-0.39, 0.29) is 24.4 Å². The second-order valence-corrected chi connectivity index (χ2v) is 8.34. The molecule has 0 saturated carbocycles. The quantitative estimate of drug-likeness (QED) is 0.563. The highest BCUT2D eigenvalue weighted by molar-refractivity contribution is 8.26. The first-order valence-corrected chi connectivity index (χ1v) is 10.3. The summed E-state index contributed by atoms with van der Waals surface area (Å²) in [5.41, 5.74) is 1.03. The number of piperidine rings is 1. The number of carbonyl (C=O) groups is 2. The van der Waals surface area contributed by atoms with E-state index in [4.69, 9.17) is 16.6 Å². The molecule has 0 aromatic carbocycles. The van der Waals surface area contributed by atoms with E-state index in [0.717, 1.165) is 24.8 Å². The van der Waals surface area contributed by atoms with Crippen LogP contribution in [0.1, 0.15) is 36.6 Å². The molecule has 0 N–H and O–H groups in total. The van der Waals surface area contributed by atoms with Gasteiger partial charge in [-0.15, -0.1) is 0 Å². The zero-order valence-electron chi connectivity index (χ0n) is 15.1. The van der Waals surface area contributed by atoms with E-state index in [0.29, 0.717) is 21.5 Å². The minimum atomic E-state index is -0.255. The second-order valence-electron chi connectivity index (χ2n) is 6.67. The molecule has 6 nitrogen and oxygen atoms in total. The first-order valence-electron chi connectivity index (χ1n) is 9.12. The predicted octanol–water partition coefficient (Wildman–Crippen LogP) is 3.63. The summed E-state index contributed by atoms with van der Waals surface area (Å²) in [6.07, 6.45) is 9.66. The number of nitrogens with zero attached hydrogens (tertiary/aromatic N) is 3. The number of likely N-dealkylation sites (tertiary alicyclic amines) is 1. The van der Waals surface area contributed by atoms with Crippen LogP contribution in [0.5, 0.6) is 0 Å². The molecule has 2 aromatic heterocycles. The van der Waals surface area contributed by atoms with Crippen molar-refractivity contribution >= 4 is 46.2 Å². The van der Waals surface area contributed by atoms with Crippen molar-refractivity contribution in [1.29, 1.82) is 0 Å². The van der Waals surface area contributed by atoms with Gasteiger partial charge in [0.2, 0.25) is 5.91 Å². The molecule has 0 spiro atoms. The smallest absolute Gasteiger partial charge is 0.266 e. The van der Waals surface area contributed by atoms with Crippen molar-refractivity contribution in [1.82, 2.24) is 14.8 Å². The summed E-state index contributed by atoms with van der Waals surface area (Å²) in [6, 6.07) is 7.39. The third-order valence-corrected chi connectivity index (χ3v) is 6.25. The van der Waals surface area contributed by atoms with Crippen LogP contribution in [0.25, 0.3) is 6.08 Å². The number of rotatable bonds is 4. The summed E-state index contributed by atoms with van der Waals surface area (Å²) in [4.78, 5) is 33.7. The summed E-state index contributed by atoms with van der Waals surface area (Å²) in [7, 11) is 0. The van der Waals surface area contributed by atoms with Crippen LogP contribution in [0.2, 0.25) is 0 Å². The first-order chi connectivity index (χ1) is 13.6. The molecule has 2 aliphatic rings. The highest BCUT2D eigenvalue weighted by Crippen LogP contribution is 2.34. The summed E-state index contributed by atoms with van der Waals surface area (Å²) in [6.45, 7) is 0.631. The Morgan fingerprint density at radius 3 is 3.00 bits per heavy atom. The average Bonchev–Trinajstić information content (AvgIpc) is 3.33. The Labute approximate surface area is 172 Å². The fourth-order valence-electron chi connectivity index (χ4n) is 3.51. The Bertz CT molecular complexity index is 912. The number of hydrogen-bond acceptors (Lipinski definition) is 6. The second kappa shape index (κ2) is 8.28. The van der Waals surface area contributed by atoms with Crippen LogP contribution in [-0.4, -0.2) is 44.0 Å². The van der Waals surface area contributed by atoms with E-state index in [1.807, 2.05) is 23.2 Å². The number of thiocarbonyl (C=S) groups is 1. The van der Waals surface area contributed by atoms with E-state index >= 15 is 0 Å². The number of amides is 2. The van der Waals surface area contributed by atoms with Crippen molar-refractivity contribution in [2.75, 3.05) is 13.1 Å². The zero-order valence-corrected chi connectivity index (χ0v) is 16.7. The number of furan rings is 1. The van der Waals surface area contributed by atoms with Gasteiger partial charge in [-0.3, -0.25) is 19.5 Å². The van der Waals surface area contributed by atoms with Gasteiger partial charge >= 0.3 is 0 Å². The van der Waals surface area contributed by atoms with Gasteiger partial charge in [-0.05, 0) is 43.0 Å². The third-order valence-electron chi connectivity index (χ3n) is 4.88. The van der Waals surface area contributed by atoms with Crippen molar-refractivity contribution in [3.63, 3.8) is 0 Å². The third kappa shape index (κ3) is 3.88. The Morgan fingerprint density at radius 1 is 1.36 bits per heavy atom.